The van der Waals surface area contributed by atoms with Crippen LogP contribution in [0.1, 0.15) is 37.3 Å². The number of rotatable bonds is 6. The molecule has 0 aromatic heterocycles. The largest absolute Gasteiger partial charge is 0.346 e. The zero-order valence-electron chi connectivity index (χ0n) is 15.3. The van der Waals surface area contributed by atoms with Crippen molar-refractivity contribution in [3.8, 4) is 0 Å². The van der Waals surface area contributed by atoms with Crippen molar-refractivity contribution < 1.29 is 14.4 Å². The molecule has 1 saturated heterocycles. The van der Waals surface area contributed by atoms with Crippen molar-refractivity contribution in [2.24, 2.45) is 0 Å². The van der Waals surface area contributed by atoms with Crippen LogP contribution in [0, 0.1) is 0 Å². The lowest BCUT2D eigenvalue weighted by Gasteiger charge is -2.24. The van der Waals surface area contributed by atoms with Crippen molar-refractivity contribution in [1.82, 2.24) is 20.4 Å². The van der Waals surface area contributed by atoms with Crippen molar-refractivity contribution in [1.29, 1.82) is 0 Å². The third-order valence-corrected chi connectivity index (χ3v) is 5.09. The number of nitrogens with one attached hydrogen (secondary N) is 2. The molecule has 1 aromatic rings. The smallest absolute Gasteiger partial charge is 0.325 e. The molecule has 1 aromatic carbocycles. The molecule has 2 N–H and O–H groups in total. The Kier molecular flexibility index (Phi) is 5.27. The van der Waals surface area contributed by atoms with Gasteiger partial charge in [0, 0.05) is 6.54 Å². The fourth-order valence-corrected chi connectivity index (χ4v) is 3.81. The molecule has 1 aliphatic carbocycles. The molecule has 7 heteroatoms. The van der Waals surface area contributed by atoms with Gasteiger partial charge in [0.15, 0.2) is 0 Å². The number of imide groups is 1. The molecule has 2 fully saturated rings. The van der Waals surface area contributed by atoms with E-state index < -0.39 is 11.6 Å². The standard InChI is InChI=1S/C19H26N4O3/c1-22(2)12-15(14-8-4-3-5-9-14)20-16(24)13-23-17(25)19(21-18(23)26)10-6-7-11-19/h3-5,8-9,15H,6-7,10-13H2,1-2H3,(H,20,24)(H,21,26)/t15-/m0/s1. The highest BCUT2D eigenvalue weighted by Gasteiger charge is 2.52. The Balaban J connectivity index is 1.67. The first-order chi connectivity index (χ1) is 12.4. The molecular weight excluding hydrogens is 332 g/mol. The van der Waals surface area contributed by atoms with Crippen molar-refractivity contribution in [2.45, 2.75) is 37.3 Å². The fraction of sp³-hybridized carbons (Fsp3) is 0.526. The van der Waals surface area contributed by atoms with Crippen molar-refractivity contribution >= 4 is 17.8 Å². The average Bonchev–Trinajstić information content (AvgIpc) is 3.16. The lowest BCUT2D eigenvalue weighted by Crippen LogP contribution is -2.46. The second-order valence-corrected chi connectivity index (χ2v) is 7.40. The van der Waals surface area contributed by atoms with Gasteiger partial charge in [0.1, 0.15) is 12.1 Å². The van der Waals surface area contributed by atoms with Crippen molar-refractivity contribution in [3.63, 3.8) is 0 Å². The lowest BCUT2D eigenvalue weighted by atomic mass is 9.98. The van der Waals surface area contributed by atoms with Crippen LogP contribution in [-0.2, 0) is 9.59 Å². The first-order valence-electron chi connectivity index (χ1n) is 9.04. The zero-order valence-corrected chi connectivity index (χ0v) is 15.3. The summed E-state index contributed by atoms with van der Waals surface area (Å²) in [5, 5.41) is 5.76. The summed E-state index contributed by atoms with van der Waals surface area (Å²) in [6.07, 6.45) is 3.15. The van der Waals surface area contributed by atoms with Gasteiger partial charge in [-0.05, 0) is 32.5 Å². The summed E-state index contributed by atoms with van der Waals surface area (Å²) in [7, 11) is 3.87. The van der Waals surface area contributed by atoms with Crippen LogP contribution in [0.15, 0.2) is 30.3 Å². The van der Waals surface area contributed by atoms with E-state index in [9.17, 15) is 14.4 Å². The van der Waals surface area contributed by atoms with Crippen molar-refractivity contribution in [2.75, 3.05) is 27.2 Å². The van der Waals surface area contributed by atoms with Crippen LogP contribution >= 0.6 is 0 Å². The third kappa shape index (κ3) is 3.72. The minimum absolute atomic E-state index is 0.208. The zero-order chi connectivity index (χ0) is 18.7. The minimum atomic E-state index is -0.778. The normalized spacial score (nSPS) is 19.9. The molecule has 1 aliphatic heterocycles. The predicted octanol–water partition coefficient (Wildman–Crippen LogP) is 1.27. The fourth-order valence-electron chi connectivity index (χ4n) is 3.81. The summed E-state index contributed by atoms with van der Waals surface area (Å²) in [4.78, 5) is 40.5. The van der Waals surface area contributed by atoms with E-state index in [0.29, 0.717) is 19.4 Å². The van der Waals surface area contributed by atoms with Crippen LogP contribution in [0.25, 0.3) is 0 Å². The molecule has 0 bridgehead atoms. The maximum absolute atomic E-state index is 12.7. The second-order valence-electron chi connectivity index (χ2n) is 7.40. The molecule has 1 spiro atoms. The first kappa shape index (κ1) is 18.4. The molecule has 7 nitrogen and oxygen atoms in total. The van der Waals surface area contributed by atoms with E-state index in [0.717, 1.165) is 23.3 Å². The van der Waals surface area contributed by atoms with E-state index in [1.165, 1.54) is 0 Å². The predicted molar refractivity (Wildman–Crippen MR) is 97.3 cm³/mol. The van der Waals surface area contributed by atoms with Gasteiger partial charge in [0.2, 0.25) is 5.91 Å². The Bertz CT molecular complexity index is 683. The van der Waals surface area contributed by atoms with Crippen LogP contribution in [0.5, 0.6) is 0 Å². The molecule has 1 heterocycles. The average molecular weight is 358 g/mol. The summed E-state index contributed by atoms with van der Waals surface area (Å²) in [5.41, 5.74) is 0.207. The van der Waals surface area contributed by atoms with E-state index >= 15 is 0 Å². The number of likely N-dealkylation sites (N-methyl/N-ethyl adjacent to an activating group) is 1. The van der Waals surface area contributed by atoms with Gasteiger partial charge in [-0.3, -0.25) is 14.5 Å². The summed E-state index contributed by atoms with van der Waals surface area (Å²) in [5.74, 6) is -0.599. The maximum Gasteiger partial charge on any atom is 0.325 e. The lowest BCUT2D eigenvalue weighted by molar-refractivity contribution is -0.135. The van der Waals surface area contributed by atoms with Gasteiger partial charge in [0.25, 0.3) is 5.91 Å². The van der Waals surface area contributed by atoms with Crippen molar-refractivity contribution in [3.05, 3.63) is 35.9 Å². The van der Waals surface area contributed by atoms with Gasteiger partial charge in [-0.15, -0.1) is 0 Å². The monoisotopic (exact) mass is 358 g/mol. The quantitative estimate of drug-likeness (QED) is 0.751. The highest BCUT2D eigenvalue weighted by atomic mass is 16.2. The molecule has 2 aliphatic rings. The van der Waals surface area contributed by atoms with E-state index in [2.05, 4.69) is 10.6 Å². The number of hydrogen-bond donors (Lipinski definition) is 2. The van der Waals surface area contributed by atoms with Crippen LogP contribution in [0.4, 0.5) is 4.79 Å². The number of carbonyl (C=O) groups excluding carboxylic acids is 3. The van der Waals surface area contributed by atoms with E-state index in [1.54, 1.807) is 0 Å². The highest BCUT2D eigenvalue weighted by molar-refractivity contribution is 6.09. The summed E-state index contributed by atoms with van der Waals surface area (Å²) >= 11 is 0. The van der Waals surface area contributed by atoms with Gasteiger partial charge in [0.05, 0.1) is 6.04 Å². The molecule has 0 unspecified atom stereocenters. The second kappa shape index (κ2) is 7.45. The van der Waals surface area contributed by atoms with E-state index in [-0.39, 0.29) is 24.4 Å². The molecule has 0 radical (unpaired) electrons. The Hall–Kier alpha value is -2.41. The van der Waals surface area contributed by atoms with E-state index in [1.807, 2.05) is 49.3 Å². The molecule has 4 amide bonds. The molecular formula is C19H26N4O3. The molecule has 1 saturated carbocycles. The Morgan fingerprint density at radius 1 is 1.23 bits per heavy atom. The first-order valence-corrected chi connectivity index (χ1v) is 9.04. The van der Waals surface area contributed by atoms with E-state index in [4.69, 9.17) is 0 Å². The van der Waals surface area contributed by atoms with Crippen LogP contribution < -0.4 is 10.6 Å². The topological polar surface area (TPSA) is 81.8 Å². The maximum atomic E-state index is 12.7. The number of amides is 4. The Morgan fingerprint density at radius 3 is 2.50 bits per heavy atom. The SMILES string of the molecule is CN(C)C[C@H](NC(=O)CN1C(=O)NC2(CCCC2)C1=O)c1ccccc1. The summed E-state index contributed by atoms with van der Waals surface area (Å²) in [6.45, 7) is 0.378. The van der Waals surface area contributed by atoms with Gasteiger partial charge >= 0.3 is 6.03 Å². The molecule has 26 heavy (non-hydrogen) atoms. The summed E-state index contributed by atoms with van der Waals surface area (Å²) in [6, 6.07) is 9.00. The summed E-state index contributed by atoms with van der Waals surface area (Å²) < 4.78 is 0. The van der Waals surface area contributed by atoms with Gasteiger partial charge < -0.3 is 15.5 Å². The molecule has 140 valence electrons. The Labute approximate surface area is 153 Å². The Morgan fingerprint density at radius 2 is 1.88 bits per heavy atom. The van der Waals surface area contributed by atoms with Gasteiger partial charge in [-0.25, -0.2) is 4.79 Å². The van der Waals surface area contributed by atoms with Crippen LogP contribution in [0.3, 0.4) is 0 Å². The minimum Gasteiger partial charge on any atom is -0.346 e. The molecule has 3 rings (SSSR count). The van der Waals surface area contributed by atoms with Crippen LogP contribution in [0.2, 0.25) is 0 Å². The number of hydrogen-bond acceptors (Lipinski definition) is 4. The van der Waals surface area contributed by atoms with Gasteiger partial charge in [-0.2, -0.15) is 0 Å². The third-order valence-electron chi connectivity index (χ3n) is 5.09. The number of urea groups is 1. The number of benzene rings is 1. The number of nitrogens with zero attached hydrogens (tertiary/aromatic N) is 2. The van der Waals surface area contributed by atoms with Crippen LogP contribution in [-0.4, -0.2) is 60.4 Å². The highest BCUT2D eigenvalue weighted by Crippen LogP contribution is 2.34. The molecule has 1 atom stereocenters. The number of carbonyl (C=O) groups is 3. The van der Waals surface area contributed by atoms with Gasteiger partial charge in [-0.1, -0.05) is 43.2 Å².